The second kappa shape index (κ2) is 9.27. The van der Waals surface area contributed by atoms with E-state index >= 15 is 0 Å². The zero-order valence-electron chi connectivity index (χ0n) is 15.0. The number of pyridine rings is 1. The van der Waals surface area contributed by atoms with Gasteiger partial charge in [0.25, 0.3) is 0 Å². The first-order valence-electron chi connectivity index (χ1n) is 8.68. The van der Waals surface area contributed by atoms with Crippen LogP contribution in [0.15, 0.2) is 65.6 Å². The summed E-state index contributed by atoms with van der Waals surface area (Å²) in [6.07, 6.45) is 0. The monoisotopic (exact) mass is 415 g/mol. The van der Waals surface area contributed by atoms with Crippen molar-refractivity contribution in [2.24, 2.45) is 0 Å². The molecule has 0 atom stereocenters. The second-order valence-electron chi connectivity index (χ2n) is 5.49. The lowest BCUT2D eigenvalue weighted by Gasteiger charge is -2.04. The number of hydrogen-bond acceptors (Lipinski definition) is 3. The predicted molar refractivity (Wildman–Crippen MR) is 117 cm³/mol. The van der Waals surface area contributed by atoms with E-state index in [1.54, 1.807) is 17.8 Å². The molecule has 0 amide bonds. The Morgan fingerprint density at radius 3 is 2.52 bits per heavy atom. The molecule has 6 heteroatoms. The Hall–Kier alpha value is -2.01. The van der Waals surface area contributed by atoms with Gasteiger partial charge in [-0.25, -0.2) is 9.97 Å². The number of rotatable bonds is 4. The summed E-state index contributed by atoms with van der Waals surface area (Å²) in [6, 6.07) is 19.6. The average molecular weight is 416 g/mol. The van der Waals surface area contributed by atoms with E-state index in [1.165, 1.54) is 0 Å². The number of H-pyrrole nitrogens is 1. The van der Waals surface area contributed by atoms with Crippen LogP contribution in [0.2, 0.25) is 10.2 Å². The van der Waals surface area contributed by atoms with Crippen molar-refractivity contribution < 1.29 is 0 Å². The summed E-state index contributed by atoms with van der Waals surface area (Å²) in [5.41, 5.74) is 3.73. The van der Waals surface area contributed by atoms with Crippen LogP contribution in [0.1, 0.15) is 19.4 Å². The Morgan fingerprint density at radius 1 is 0.926 bits per heavy atom. The van der Waals surface area contributed by atoms with Gasteiger partial charge in [-0.05, 0) is 42.0 Å². The molecule has 0 aliphatic carbocycles. The largest absolute Gasteiger partial charge is 0.337 e. The van der Waals surface area contributed by atoms with Crippen LogP contribution in [0.25, 0.3) is 22.6 Å². The molecule has 0 unspecified atom stereocenters. The molecule has 0 saturated carbocycles. The van der Waals surface area contributed by atoms with E-state index in [0.717, 1.165) is 38.0 Å². The van der Waals surface area contributed by atoms with Gasteiger partial charge >= 0.3 is 0 Å². The van der Waals surface area contributed by atoms with E-state index in [2.05, 4.69) is 27.1 Å². The lowest BCUT2D eigenvalue weighted by Crippen LogP contribution is -1.85. The highest BCUT2D eigenvalue weighted by atomic mass is 35.5. The molecule has 0 radical (unpaired) electrons. The highest BCUT2D eigenvalue weighted by Crippen LogP contribution is 2.29. The maximum Gasteiger partial charge on any atom is 0.157 e. The van der Waals surface area contributed by atoms with Crippen LogP contribution in [0.3, 0.4) is 0 Å². The van der Waals surface area contributed by atoms with Gasteiger partial charge in [-0.3, -0.25) is 0 Å². The fraction of sp³-hybridized carbons (Fsp3) is 0.143. The first-order valence-corrected chi connectivity index (χ1v) is 10.4. The van der Waals surface area contributed by atoms with Gasteiger partial charge in [-0.1, -0.05) is 61.3 Å². The van der Waals surface area contributed by atoms with E-state index in [9.17, 15) is 0 Å². The summed E-state index contributed by atoms with van der Waals surface area (Å²) in [5.74, 6) is 1.54. The van der Waals surface area contributed by atoms with Gasteiger partial charge in [-0.15, -0.1) is 11.8 Å². The van der Waals surface area contributed by atoms with Gasteiger partial charge < -0.3 is 4.98 Å². The van der Waals surface area contributed by atoms with Crippen molar-refractivity contribution in [3.63, 3.8) is 0 Å². The molecule has 0 aliphatic rings. The van der Waals surface area contributed by atoms with Crippen molar-refractivity contribution in [3.8, 4) is 11.5 Å². The van der Waals surface area contributed by atoms with Crippen molar-refractivity contribution in [2.75, 3.05) is 0 Å². The first kappa shape index (κ1) is 19.7. The number of nitrogens with one attached hydrogen (secondary N) is 1. The van der Waals surface area contributed by atoms with Crippen molar-refractivity contribution in [1.29, 1.82) is 0 Å². The highest BCUT2D eigenvalue weighted by Gasteiger charge is 2.08. The molecule has 4 rings (SSSR count). The molecule has 27 heavy (non-hydrogen) atoms. The summed E-state index contributed by atoms with van der Waals surface area (Å²) >= 11 is 13.9. The topological polar surface area (TPSA) is 41.6 Å². The smallest absolute Gasteiger partial charge is 0.157 e. The fourth-order valence-corrected chi connectivity index (χ4v) is 3.90. The standard InChI is InChI=1S/C19H13Cl2N3S.C2H6/c20-14-5-2-1-4-12(14)11-25-13-8-9-15-17(10-13)24-19(23-15)16-6-3-7-18(21)22-16;1-2/h1-10H,11H2,(H,23,24);1-2H3. The molecule has 0 spiro atoms. The van der Waals surface area contributed by atoms with Crippen molar-refractivity contribution in [1.82, 2.24) is 15.0 Å². The van der Waals surface area contributed by atoms with Gasteiger partial charge in [0, 0.05) is 15.7 Å². The second-order valence-corrected chi connectivity index (χ2v) is 7.33. The van der Waals surface area contributed by atoms with Crippen molar-refractivity contribution >= 4 is 46.0 Å². The third-order valence-electron chi connectivity index (χ3n) is 3.76. The first-order chi connectivity index (χ1) is 13.2. The van der Waals surface area contributed by atoms with Crippen LogP contribution in [-0.2, 0) is 5.75 Å². The molecule has 4 aromatic rings. The Labute approximate surface area is 173 Å². The molecule has 0 fully saturated rings. The van der Waals surface area contributed by atoms with Crippen LogP contribution in [-0.4, -0.2) is 15.0 Å². The predicted octanol–water partition coefficient (Wildman–Crippen LogP) is 7.25. The van der Waals surface area contributed by atoms with E-state index < -0.39 is 0 Å². The minimum Gasteiger partial charge on any atom is -0.337 e. The summed E-state index contributed by atoms with van der Waals surface area (Å²) in [7, 11) is 0. The molecule has 0 aliphatic heterocycles. The molecule has 2 aromatic carbocycles. The summed E-state index contributed by atoms with van der Waals surface area (Å²) in [4.78, 5) is 13.4. The maximum absolute atomic E-state index is 6.22. The number of nitrogens with zero attached hydrogens (tertiary/aromatic N) is 2. The highest BCUT2D eigenvalue weighted by molar-refractivity contribution is 7.98. The number of aromatic amines is 1. The maximum atomic E-state index is 6.22. The Bertz CT molecular complexity index is 1050. The summed E-state index contributed by atoms with van der Waals surface area (Å²) in [6.45, 7) is 4.00. The van der Waals surface area contributed by atoms with Crippen LogP contribution in [0.5, 0.6) is 0 Å². The summed E-state index contributed by atoms with van der Waals surface area (Å²) in [5, 5.41) is 1.25. The van der Waals surface area contributed by atoms with Gasteiger partial charge in [0.15, 0.2) is 5.82 Å². The van der Waals surface area contributed by atoms with Gasteiger partial charge in [0.2, 0.25) is 0 Å². The fourth-order valence-electron chi connectivity index (χ4n) is 2.52. The van der Waals surface area contributed by atoms with E-state index in [1.807, 2.05) is 56.3 Å². The van der Waals surface area contributed by atoms with Crippen LogP contribution in [0, 0.1) is 0 Å². The molecule has 138 valence electrons. The Kier molecular flexibility index (Phi) is 6.78. The van der Waals surface area contributed by atoms with Gasteiger partial charge in [0.1, 0.15) is 10.8 Å². The number of imidazole rings is 1. The number of hydrogen-bond donors (Lipinski definition) is 1. The molecule has 2 aromatic heterocycles. The zero-order chi connectivity index (χ0) is 19.2. The molecule has 0 saturated heterocycles. The molecule has 3 nitrogen and oxygen atoms in total. The van der Waals surface area contributed by atoms with Crippen LogP contribution < -0.4 is 0 Å². The number of fused-ring (bicyclic) bond motifs is 1. The average Bonchev–Trinajstić information content (AvgIpc) is 3.12. The number of aromatic nitrogens is 3. The lowest BCUT2D eigenvalue weighted by molar-refractivity contribution is 1.24. The van der Waals surface area contributed by atoms with Gasteiger partial charge in [-0.2, -0.15) is 0 Å². The summed E-state index contributed by atoms with van der Waals surface area (Å²) < 4.78 is 0. The van der Waals surface area contributed by atoms with E-state index in [0.29, 0.717) is 11.0 Å². The Balaban J connectivity index is 0.00000102. The molecular weight excluding hydrogens is 397 g/mol. The van der Waals surface area contributed by atoms with Crippen molar-refractivity contribution in [3.05, 3.63) is 76.4 Å². The lowest BCUT2D eigenvalue weighted by atomic mass is 10.2. The third kappa shape index (κ3) is 4.83. The minimum absolute atomic E-state index is 0.453. The van der Waals surface area contributed by atoms with Gasteiger partial charge in [0.05, 0.1) is 11.0 Å². The molecular formula is C21H19Cl2N3S. The quantitative estimate of drug-likeness (QED) is 0.281. The number of benzene rings is 2. The van der Waals surface area contributed by atoms with Crippen LogP contribution in [0.4, 0.5) is 0 Å². The molecule has 2 heterocycles. The van der Waals surface area contributed by atoms with E-state index in [-0.39, 0.29) is 0 Å². The minimum atomic E-state index is 0.453. The normalized spacial score (nSPS) is 10.5. The molecule has 0 bridgehead atoms. The third-order valence-corrected chi connectivity index (χ3v) is 5.39. The van der Waals surface area contributed by atoms with Crippen LogP contribution >= 0.6 is 35.0 Å². The number of thioether (sulfide) groups is 1. The number of halogens is 2. The molecule has 1 N–H and O–H groups in total. The zero-order valence-corrected chi connectivity index (χ0v) is 17.4. The Morgan fingerprint density at radius 2 is 1.74 bits per heavy atom. The van der Waals surface area contributed by atoms with E-state index in [4.69, 9.17) is 23.2 Å². The van der Waals surface area contributed by atoms with Crippen molar-refractivity contribution in [2.45, 2.75) is 24.5 Å². The SMILES string of the molecule is CC.Clc1cccc(-c2nc3ccc(SCc4ccccc4Cl)cc3[nH]2)n1.